The van der Waals surface area contributed by atoms with Crippen molar-refractivity contribution in [3.63, 3.8) is 0 Å². The summed E-state index contributed by atoms with van der Waals surface area (Å²) in [5.41, 5.74) is 2.33. The number of nitrogens with one attached hydrogen (secondary N) is 1. The van der Waals surface area contributed by atoms with Gasteiger partial charge in [-0.05, 0) is 59.2 Å². The molecule has 1 heterocycles. The summed E-state index contributed by atoms with van der Waals surface area (Å²) in [6.07, 6.45) is 1.62. The molecule has 4 aromatic rings. The van der Waals surface area contributed by atoms with Gasteiger partial charge in [0, 0.05) is 23.3 Å². The first kappa shape index (κ1) is 23.6. The summed E-state index contributed by atoms with van der Waals surface area (Å²) in [6, 6.07) is 16.0. The van der Waals surface area contributed by atoms with Gasteiger partial charge in [-0.2, -0.15) is 0 Å². The maximum Gasteiger partial charge on any atom is 0.262 e. The Morgan fingerprint density at radius 2 is 1.74 bits per heavy atom. The molecule has 0 aliphatic heterocycles. The van der Waals surface area contributed by atoms with Crippen molar-refractivity contribution in [3.8, 4) is 39.8 Å². The molecule has 2 N–H and O–H groups in total. The van der Waals surface area contributed by atoms with Gasteiger partial charge in [-0.1, -0.05) is 0 Å². The fourth-order valence-electron chi connectivity index (χ4n) is 3.64. The normalized spacial score (nSPS) is 11.9. The first-order valence-corrected chi connectivity index (χ1v) is 12.0. The number of aromatic amines is 1. The Bertz CT molecular complexity index is 1370. The highest BCUT2D eigenvalue weighted by Crippen LogP contribution is 2.35. The second kappa shape index (κ2) is 10.2. The van der Waals surface area contributed by atoms with Gasteiger partial charge in [-0.3, -0.25) is 4.79 Å². The molecular weight excluding hydrogens is 456 g/mol. The number of rotatable bonds is 8. The molecule has 0 saturated carbocycles. The minimum Gasteiger partial charge on any atom is -0.612 e. The van der Waals surface area contributed by atoms with Crippen LogP contribution in [0.15, 0.2) is 64.3 Å². The van der Waals surface area contributed by atoms with E-state index in [9.17, 15) is 14.5 Å². The van der Waals surface area contributed by atoms with Crippen molar-refractivity contribution in [2.45, 2.75) is 4.90 Å². The van der Waals surface area contributed by atoms with E-state index in [-0.39, 0.29) is 18.8 Å². The molecule has 9 heteroatoms. The summed E-state index contributed by atoms with van der Waals surface area (Å²) < 4.78 is 28.2. The van der Waals surface area contributed by atoms with Crippen LogP contribution in [-0.4, -0.2) is 53.3 Å². The number of fused-ring (bicyclic) bond motifs is 1. The fourth-order valence-corrected chi connectivity index (χ4v) is 4.16. The van der Waals surface area contributed by atoms with Crippen molar-refractivity contribution >= 4 is 22.1 Å². The molecule has 176 valence electrons. The summed E-state index contributed by atoms with van der Waals surface area (Å²) in [4.78, 5) is 21.1. The van der Waals surface area contributed by atoms with Crippen LogP contribution in [0.2, 0.25) is 0 Å². The predicted octanol–water partition coefficient (Wildman–Crippen LogP) is 3.38. The monoisotopic (exact) mass is 480 g/mol. The van der Waals surface area contributed by atoms with Crippen LogP contribution in [-0.2, 0) is 11.2 Å². The van der Waals surface area contributed by atoms with E-state index < -0.39 is 11.2 Å². The number of nitrogens with zero attached hydrogens (tertiary/aromatic N) is 1. The standard InChI is InChI=1S/C25H24N2O6S/c1-31-17-13-20-23(22(14-17)32-2)25(29)27-24(26-20)16-6-9-21(33-11-10-28)19(12-16)15-4-7-18(8-5-15)34(3)30/h4-9,12-14,28H,10-11H2,1-3H3,(H,26,27,29). The Hall–Kier alpha value is -3.53. The third kappa shape index (κ3) is 4.72. The second-order valence-electron chi connectivity index (χ2n) is 7.40. The van der Waals surface area contributed by atoms with Gasteiger partial charge in [0.15, 0.2) is 4.90 Å². The zero-order valence-corrected chi connectivity index (χ0v) is 19.8. The number of methoxy groups -OCH3 is 2. The molecule has 0 aliphatic carbocycles. The lowest BCUT2D eigenvalue weighted by atomic mass is 10.0. The van der Waals surface area contributed by atoms with Crippen LogP contribution in [0, 0.1) is 0 Å². The highest BCUT2D eigenvalue weighted by atomic mass is 32.2. The maximum atomic E-state index is 12.9. The average molecular weight is 481 g/mol. The topological polar surface area (TPSA) is 117 Å². The molecule has 1 atom stereocenters. The number of aliphatic hydroxyl groups is 1. The first-order valence-electron chi connectivity index (χ1n) is 10.4. The Balaban J connectivity index is 1.86. The van der Waals surface area contributed by atoms with Gasteiger partial charge in [0.05, 0.1) is 26.3 Å². The van der Waals surface area contributed by atoms with Gasteiger partial charge in [0.25, 0.3) is 5.56 Å². The minimum absolute atomic E-state index is 0.127. The van der Waals surface area contributed by atoms with E-state index in [1.54, 1.807) is 42.7 Å². The van der Waals surface area contributed by atoms with Crippen LogP contribution in [0.1, 0.15) is 0 Å². The number of hydrogen-bond acceptors (Lipinski definition) is 7. The zero-order valence-electron chi connectivity index (χ0n) is 19.0. The number of benzene rings is 3. The number of aromatic nitrogens is 2. The van der Waals surface area contributed by atoms with Crippen LogP contribution in [0.25, 0.3) is 33.4 Å². The Kier molecular flexibility index (Phi) is 7.06. The molecule has 4 rings (SSSR count). The van der Waals surface area contributed by atoms with Crippen molar-refractivity contribution in [1.29, 1.82) is 0 Å². The molecule has 1 unspecified atom stereocenters. The van der Waals surface area contributed by atoms with E-state index in [1.165, 1.54) is 14.2 Å². The number of hydrogen-bond donors (Lipinski definition) is 2. The van der Waals surface area contributed by atoms with E-state index in [4.69, 9.17) is 14.2 Å². The zero-order chi connectivity index (χ0) is 24.2. The van der Waals surface area contributed by atoms with E-state index in [2.05, 4.69) is 9.97 Å². The molecule has 0 saturated heterocycles. The Labute approximate surface area is 199 Å². The highest BCUT2D eigenvalue weighted by Gasteiger charge is 2.16. The lowest BCUT2D eigenvalue weighted by Crippen LogP contribution is -2.11. The average Bonchev–Trinajstić information content (AvgIpc) is 2.86. The van der Waals surface area contributed by atoms with Crippen molar-refractivity contribution in [3.05, 3.63) is 65.0 Å². The van der Waals surface area contributed by atoms with Crippen molar-refractivity contribution in [2.24, 2.45) is 0 Å². The number of ether oxygens (including phenoxy) is 3. The van der Waals surface area contributed by atoms with Crippen LogP contribution in [0.3, 0.4) is 0 Å². The van der Waals surface area contributed by atoms with Crippen LogP contribution < -0.4 is 19.8 Å². The third-order valence-electron chi connectivity index (χ3n) is 5.30. The molecule has 3 aromatic carbocycles. The SMILES string of the molecule is COc1cc(OC)c2c(=O)[nH]c(-c3ccc(OCCO)c(-c4ccc([S+](C)[O-])cc4)c3)nc2c1. The molecule has 8 nitrogen and oxygen atoms in total. The van der Waals surface area contributed by atoms with Crippen molar-refractivity contribution in [2.75, 3.05) is 33.7 Å². The lowest BCUT2D eigenvalue weighted by Gasteiger charge is -2.14. The van der Waals surface area contributed by atoms with Gasteiger partial charge in [0.1, 0.15) is 41.3 Å². The molecule has 0 amide bonds. The number of aliphatic hydroxyl groups excluding tert-OH is 1. The second-order valence-corrected chi connectivity index (χ2v) is 8.78. The van der Waals surface area contributed by atoms with Crippen LogP contribution in [0.5, 0.6) is 17.2 Å². The summed E-state index contributed by atoms with van der Waals surface area (Å²) in [7, 11) is 3.02. The fraction of sp³-hybridized carbons (Fsp3) is 0.200. The Morgan fingerprint density at radius 1 is 1.00 bits per heavy atom. The van der Waals surface area contributed by atoms with Crippen molar-refractivity contribution in [1.82, 2.24) is 9.97 Å². The molecule has 0 fully saturated rings. The van der Waals surface area contributed by atoms with E-state index in [0.717, 1.165) is 11.1 Å². The molecule has 0 bridgehead atoms. The highest BCUT2D eigenvalue weighted by molar-refractivity contribution is 7.90. The van der Waals surface area contributed by atoms with E-state index in [1.807, 2.05) is 18.2 Å². The smallest absolute Gasteiger partial charge is 0.262 e. The van der Waals surface area contributed by atoms with Crippen LogP contribution in [0.4, 0.5) is 0 Å². The van der Waals surface area contributed by atoms with Gasteiger partial charge in [-0.15, -0.1) is 0 Å². The largest absolute Gasteiger partial charge is 0.612 e. The molecule has 0 aliphatic rings. The number of H-pyrrole nitrogens is 1. The molecule has 1 aromatic heterocycles. The lowest BCUT2D eigenvalue weighted by molar-refractivity contribution is 0.202. The van der Waals surface area contributed by atoms with E-state index in [0.29, 0.717) is 44.4 Å². The summed E-state index contributed by atoms with van der Waals surface area (Å²) >= 11 is -1.09. The molecular formula is C25H24N2O6S. The van der Waals surface area contributed by atoms with Gasteiger partial charge in [-0.25, -0.2) is 4.98 Å². The quantitative estimate of drug-likeness (QED) is 0.371. The van der Waals surface area contributed by atoms with Gasteiger partial charge >= 0.3 is 0 Å². The summed E-state index contributed by atoms with van der Waals surface area (Å²) in [5.74, 6) is 1.83. The summed E-state index contributed by atoms with van der Waals surface area (Å²) in [6.45, 7) is 0.00617. The maximum absolute atomic E-state index is 12.9. The van der Waals surface area contributed by atoms with E-state index >= 15 is 0 Å². The van der Waals surface area contributed by atoms with Gasteiger partial charge in [0.2, 0.25) is 0 Å². The molecule has 0 radical (unpaired) electrons. The predicted molar refractivity (Wildman–Crippen MR) is 131 cm³/mol. The van der Waals surface area contributed by atoms with Crippen LogP contribution >= 0.6 is 0 Å². The van der Waals surface area contributed by atoms with Gasteiger partial charge < -0.3 is 28.9 Å². The summed E-state index contributed by atoms with van der Waals surface area (Å²) in [5, 5.41) is 9.54. The first-order chi connectivity index (χ1) is 16.4. The van der Waals surface area contributed by atoms with Crippen molar-refractivity contribution < 1.29 is 23.9 Å². The Morgan fingerprint density at radius 3 is 2.38 bits per heavy atom. The third-order valence-corrected chi connectivity index (χ3v) is 6.24. The molecule has 0 spiro atoms. The minimum atomic E-state index is -1.09. The molecule has 34 heavy (non-hydrogen) atoms.